The van der Waals surface area contributed by atoms with E-state index in [0.717, 1.165) is 54.6 Å². The van der Waals surface area contributed by atoms with E-state index in [0.29, 0.717) is 5.56 Å². The molecule has 6 nitrogen and oxygen atoms in total. The molecule has 3 aromatic rings. The maximum atomic E-state index is 12.5. The van der Waals surface area contributed by atoms with Gasteiger partial charge in [0.25, 0.3) is 5.91 Å². The largest absolute Gasteiger partial charge is 0.452 e. The van der Waals surface area contributed by atoms with E-state index >= 15 is 0 Å². The average molecular weight is 405 g/mol. The Morgan fingerprint density at radius 3 is 2.73 bits per heavy atom. The number of hydrogen-bond donors (Lipinski definition) is 1. The van der Waals surface area contributed by atoms with Crippen LogP contribution in [0, 0.1) is 6.92 Å². The van der Waals surface area contributed by atoms with Crippen molar-refractivity contribution in [3.63, 3.8) is 0 Å². The number of benzene rings is 2. The molecule has 30 heavy (non-hydrogen) atoms. The number of nitrogens with one attached hydrogen (secondary N) is 1. The third kappa shape index (κ3) is 4.22. The molecule has 1 fully saturated rings. The lowest BCUT2D eigenvalue weighted by Gasteiger charge is -2.35. The summed E-state index contributed by atoms with van der Waals surface area (Å²) in [6.07, 6.45) is 4.11. The number of fused-ring (bicyclic) bond motifs is 1. The Kier molecular flexibility index (Phi) is 5.84. The van der Waals surface area contributed by atoms with Crippen molar-refractivity contribution in [1.82, 2.24) is 14.9 Å². The van der Waals surface area contributed by atoms with Gasteiger partial charge in [-0.1, -0.05) is 36.8 Å². The lowest BCUT2D eigenvalue weighted by atomic mass is 10.00. The van der Waals surface area contributed by atoms with E-state index in [4.69, 9.17) is 4.74 Å². The monoisotopic (exact) mass is 405 g/mol. The second-order valence-corrected chi connectivity index (χ2v) is 7.90. The van der Waals surface area contributed by atoms with Crippen LogP contribution < -0.4 is 0 Å². The summed E-state index contributed by atoms with van der Waals surface area (Å²) in [6, 6.07) is 13.6. The van der Waals surface area contributed by atoms with E-state index < -0.39 is 5.97 Å². The number of hydrogen-bond acceptors (Lipinski definition) is 4. The van der Waals surface area contributed by atoms with Gasteiger partial charge in [-0.2, -0.15) is 0 Å². The predicted molar refractivity (Wildman–Crippen MR) is 116 cm³/mol. The molecule has 1 amide bonds. The maximum Gasteiger partial charge on any atom is 0.338 e. The van der Waals surface area contributed by atoms with Crippen molar-refractivity contribution in [2.24, 2.45) is 0 Å². The highest BCUT2D eigenvalue weighted by atomic mass is 16.5. The normalized spacial score (nSPS) is 16.6. The van der Waals surface area contributed by atoms with Crippen LogP contribution in [0.4, 0.5) is 0 Å². The molecule has 1 N–H and O–H groups in total. The van der Waals surface area contributed by atoms with Crippen molar-refractivity contribution >= 4 is 22.9 Å². The van der Waals surface area contributed by atoms with Crippen LogP contribution in [0.25, 0.3) is 22.4 Å². The van der Waals surface area contributed by atoms with Gasteiger partial charge in [0.05, 0.1) is 16.6 Å². The number of aromatic nitrogens is 2. The number of ether oxygens (including phenoxy) is 1. The Labute approximate surface area is 176 Å². The summed E-state index contributed by atoms with van der Waals surface area (Å²) in [5.41, 5.74) is 4.11. The molecule has 1 saturated heterocycles. The smallest absolute Gasteiger partial charge is 0.338 e. The van der Waals surface area contributed by atoms with Crippen LogP contribution in [0.1, 0.15) is 48.5 Å². The number of piperidine rings is 1. The van der Waals surface area contributed by atoms with Gasteiger partial charge in [0, 0.05) is 18.2 Å². The summed E-state index contributed by atoms with van der Waals surface area (Å²) in [7, 11) is 0. The zero-order valence-electron chi connectivity index (χ0n) is 17.5. The van der Waals surface area contributed by atoms with E-state index in [-0.39, 0.29) is 18.6 Å². The second-order valence-electron chi connectivity index (χ2n) is 7.90. The van der Waals surface area contributed by atoms with Gasteiger partial charge in [-0.3, -0.25) is 4.79 Å². The van der Waals surface area contributed by atoms with Gasteiger partial charge >= 0.3 is 5.97 Å². The van der Waals surface area contributed by atoms with E-state index in [2.05, 4.69) is 16.9 Å². The summed E-state index contributed by atoms with van der Waals surface area (Å²) in [4.78, 5) is 34.8. The van der Waals surface area contributed by atoms with Crippen LogP contribution in [0.15, 0.2) is 42.5 Å². The Morgan fingerprint density at radius 1 is 1.17 bits per heavy atom. The molecule has 0 saturated carbocycles. The minimum absolute atomic E-state index is 0.112. The number of carbonyl (C=O) groups excluding carboxylic acids is 2. The fourth-order valence-electron chi connectivity index (χ4n) is 4.03. The zero-order chi connectivity index (χ0) is 21.1. The second kappa shape index (κ2) is 8.69. The molecule has 1 aromatic heterocycles. The van der Waals surface area contributed by atoms with Crippen molar-refractivity contribution in [3.8, 4) is 11.4 Å². The molecule has 4 rings (SSSR count). The summed E-state index contributed by atoms with van der Waals surface area (Å²) >= 11 is 0. The lowest BCUT2D eigenvalue weighted by Crippen LogP contribution is -2.45. The molecule has 2 aromatic carbocycles. The first-order chi connectivity index (χ1) is 14.5. The Bertz CT molecular complexity index is 1060. The molecular formula is C24H27N3O3. The number of carbonyl (C=O) groups is 2. The van der Waals surface area contributed by atoms with Crippen LogP contribution in [-0.2, 0) is 9.53 Å². The van der Waals surface area contributed by atoms with Gasteiger partial charge in [0.1, 0.15) is 5.82 Å². The first-order valence-corrected chi connectivity index (χ1v) is 10.6. The quantitative estimate of drug-likeness (QED) is 0.635. The first-order valence-electron chi connectivity index (χ1n) is 10.6. The van der Waals surface area contributed by atoms with Crippen molar-refractivity contribution in [2.45, 2.75) is 45.6 Å². The number of H-pyrrole nitrogens is 1. The van der Waals surface area contributed by atoms with Crippen molar-refractivity contribution < 1.29 is 14.3 Å². The molecule has 0 bridgehead atoms. The average Bonchev–Trinajstić information content (AvgIpc) is 3.21. The third-order valence-corrected chi connectivity index (χ3v) is 5.79. The van der Waals surface area contributed by atoms with Gasteiger partial charge in [0.2, 0.25) is 0 Å². The van der Waals surface area contributed by atoms with Gasteiger partial charge < -0.3 is 14.6 Å². The standard InChI is InChI=1S/C24H27N3O3/c1-3-19-6-4-5-13-27(19)22(28)15-30-24(29)18-11-12-20-21(14-18)26-23(25-20)17-9-7-16(2)8-10-17/h7-12,14,19H,3-6,13,15H2,1-2H3,(H,25,26). The number of nitrogens with zero attached hydrogens (tertiary/aromatic N) is 2. The van der Waals surface area contributed by atoms with Crippen LogP contribution in [0.5, 0.6) is 0 Å². The molecule has 2 heterocycles. The van der Waals surface area contributed by atoms with E-state index in [9.17, 15) is 9.59 Å². The molecule has 1 atom stereocenters. The summed E-state index contributed by atoms with van der Waals surface area (Å²) < 4.78 is 5.33. The summed E-state index contributed by atoms with van der Waals surface area (Å²) in [5, 5.41) is 0. The Morgan fingerprint density at radius 2 is 1.97 bits per heavy atom. The minimum atomic E-state index is -0.498. The van der Waals surface area contributed by atoms with E-state index in [1.54, 1.807) is 18.2 Å². The molecule has 0 aliphatic carbocycles. The highest BCUT2D eigenvalue weighted by Gasteiger charge is 2.26. The molecule has 0 radical (unpaired) electrons. The molecular weight excluding hydrogens is 378 g/mol. The minimum Gasteiger partial charge on any atom is -0.452 e. The van der Waals surface area contributed by atoms with Gasteiger partial charge in [-0.15, -0.1) is 0 Å². The summed E-state index contributed by atoms with van der Waals surface area (Å²) in [6.45, 7) is 4.66. The fraction of sp³-hybridized carbons (Fsp3) is 0.375. The van der Waals surface area contributed by atoms with Crippen molar-refractivity contribution in [1.29, 1.82) is 0 Å². The van der Waals surface area contributed by atoms with Crippen LogP contribution in [0.2, 0.25) is 0 Å². The molecule has 1 aliphatic heterocycles. The van der Waals surface area contributed by atoms with Gasteiger partial charge in [-0.25, -0.2) is 9.78 Å². The van der Waals surface area contributed by atoms with Gasteiger partial charge in [0.15, 0.2) is 6.61 Å². The van der Waals surface area contributed by atoms with Crippen molar-refractivity contribution in [2.75, 3.05) is 13.2 Å². The number of likely N-dealkylation sites (tertiary alicyclic amines) is 1. The molecule has 0 spiro atoms. The Hall–Kier alpha value is -3.15. The summed E-state index contributed by atoms with van der Waals surface area (Å²) in [5.74, 6) is 0.141. The fourth-order valence-corrected chi connectivity index (χ4v) is 4.03. The van der Waals surface area contributed by atoms with Crippen LogP contribution in [0.3, 0.4) is 0 Å². The SMILES string of the molecule is CCC1CCCCN1C(=O)COC(=O)c1ccc2nc(-c3ccc(C)cc3)[nH]c2c1. The zero-order valence-corrected chi connectivity index (χ0v) is 17.5. The number of esters is 1. The van der Waals surface area contributed by atoms with Crippen LogP contribution >= 0.6 is 0 Å². The molecule has 156 valence electrons. The topological polar surface area (TPSA) is 75.3 Å². The van der Waals surface area contributed by atoms with Crippen molar-refractivity contribution in [3.05, 3.63) is 53.6 Å². The predicted octanol–water partition coefficient (Wildman–Crippen LogP) is 4.49. The third-order valence-electron chi connectivity index (χ3n) is 5.79. The maximum absolute atomic E-state index is 12.5. The first kappa shape index (κ1) is 20.1. The number of imidazole rings is 1. The highest BCUT2D eigenvalue weighted by Crippen LogP contribution is 2.22. The van der Waals surface area contributed by atoms with E-state index in [1.165, 1.54) is 5.56 Å². The van der Waals surface area contributed by atoms with Crippen LogP contribution in [-0.4, -0.2) is 45.9 Å². The van der Waals surface area contributed by atoms with E-state index in [1.807, 2.05) is 36.1 Å². The van der Waals surface area contributed by atoms with Gasteiger partial charge in [-0.05, 0) is 50.8 Å². The molecule has 1 aliphatic rings. The molecule has 1 unspecified atom stereocenters. The molecule has 6 heteroatoms. The number of amides is 1. The lowest BCUT2D eigenvalue weighted by molar-refractivity contribution is -0.138. The number of aryl methyl sites for hydroxylation is 1. The number of aromatic amines is 1. The highest BCUT2D eigenvalue weighted by molar-refractivity contribution is 5.95. The Balaban J connectivity index is 1.44. The number of rotatable bonds is 5.